The molecular formula is C20H37F9N2O2Si. The number of aliphatic hydroxyl groups excluding tert-OH is 1. The maximum absolute atomic E-state index is 12.6. The van der Waals surface area contributed by atoms with Crippen molar-refractivity contribution in [1.82, 2.24) is 0 Å². The van der Waals surface area contributed by atoms with E-state index in [1.807, 2.05) is 33.9 Å². The molecule has 0 fully saturated rings. The number of aliphatic hydroxyl groups is 1. The molecule has 0 bridgehead atoms. The quantitative estimate of drug-likeness (QED) is 0.201. The summed E-state index contributed by atoms with van der Waals surface area (Å²) in [6.45, 7) is 10.9. The molecule has 3 N–H and O–H groups in total. The molecule has 0 radical (unpaired) electrons. The van der Waals surface area contributed by atoms with Crippen molar-refractivity contribution in [3.05, 3.63) is 0 Å². The maximum Gasteiger partial charge on any atom is 0.426 e. The summed E-state index contributed by atoms with van der Waals surface area (Å²) in [5, 5.41) is 8.16. The third-order valence-electron chi connectivity index (χ3n) is 5.51. The van der Waals surface area contributed by atoms with Crippen LogP contribution < -0.4 is 5.73 Å². The lowest BCUT2D eigenvalue weighted by Crippen LogP contribution is -2.43. The largest absolute Gasteiger partial charge is 0.426 e. The van der Waals surface area contributed by atoms with Crippen LogP contribution in [0.25, 0.3) is 0 Å². The molecule has 14 heteroatoms. The molecule has 34 heavy (non-hydrogen) atoms. The zero-order valence-corrected chi connectivity index (χ0v) is 21.5. The van der Waals surface area contributed by atoms with E-state index < -0.39 is 63.8 Å². The lowest BCUT2D eigenvalue weighted by Gasteiger charge is -2.37. The molecule has 0 saturated heterocycles. The summed E-state index contributed by atoms with van der Waals surface area (Å²) in [7, 11) is -2.28. The van der Waals surface area contributed by atoms with Crippen LogP contribution in [0.3, 0.4) is 0 Å². The normalized spacial score (nSPS) is 17.7. The van der Waals surface area contributed by atoms with Crippen molar-refractivity contribution in [2.45, 2.75) is 96.2 Å². The summed E-state index contributed by atoms with van der Waals surface area (Å²) in [4.78, 5) is 3.28. The van der Waals surface area contributed by atoms with Crippen LogP contribution in [0, 0.1) is 11.8 Å². The molecule has 4 nitrogen and oxygen atoms in total. The number of nitrogens with zero attached hydrogens (tertiary/aromatic N) is 1. The molecule has 206 valence electrons. The first-order valence-corrected chi connectivity index (χ1v) is 13.5. The maximum atomic E-state index is 12.6. The fourth-order valence-corrected chi connectivity index (χ4v) is 3.13. The highest BCUT2D eigenvalue weighted by molar-refractivity contribution is 6.74. The fourth-order valence-electron chi connectivity index (χ4n) is 2.09. The Labute approximate surface area is 196 Å². The predicted molar refractivity (Wildman–Crippen MR) is 116 cm³/mol. The molecule has 0 amide bonds. The first-order chi connectivity index (χ1) is 14.8. The summed E-state index contributed by atoms with van der Waals surface area (Å²) in [6, 6.07) is -1.95. The van der Waals surface area contributed by atoms with E-state index in [4.69, 9.17) is 15.3 Å². The first-order valence-electron chi connectivity index (χ1n) is 10.6. The number of aliphatic imine (C=N–C) groups is 1. The van der Waals surface area contributed by atoms with Crippen molar-refractivity contribution in [3.63, 3.8) is 0 Å². The van der Waals surface area contributed by atoms with E-state index in [1.54, 1.807) is 0 Å². The minimum atomic E-state index is -4.66. The minimum absolute atomic E-state index is 0.194. The van der Waals surface area contributed by atoms with Gasteiger partial charge in [0.05, 0.1) is 31.1 Å². The molecule has 0 heterocycles. The van der Waals surface area contributed by atoms with Crippen molar-refractivity contribution in [1.29, 1.82) is 0 Å². The summed E-state index contributed by atoms with van der Waals surface area (Å²) in [6.07, 6.45) is -14.3. The van der Waals surface area contributed by atoms with E-state index in [0.29, 0.717) is 0 Å². The van der Waals surface area contributed by atoms with Gasteiger partial charge in [-0.1, -0.05) is 34.6 Å². The van der Waals surface area contributed by atoms with E-state index >= 15 is 0 Å². The van der Waals surface area contributed by atoms with Crippen LogP contribution in [0.1, 0.15) is 47.5 Å². The molecule has 0 aromatic rings. The van der Waals surface area contributed by atoms with Gasteiger partial charge in [0.15, 0.2) is 8.32 Å². The highest BCUT2D eigenvalue weighted by Crippen LogP contribution is 2.37. The number of nitrogens with two attached hydrogens (primary N) is 1. The van der Waals surface area contributed by atoms with E-state index in [-0.39, 0.29) is 24.3 Å². The molecule has 0 spiro atoms. The monoisotopic (exact) mass is 536 g/mol. The molecule has 0 aliphatic heterocycles. The zero-order valence-electron chi connectivity index (χ0n) is 20.5. The number of hydrogen-bond acceptors (Lipinski definition) is 4. The van der Waals surface area contributed by atoms with Crippen LogP contribution >= 0.6 is 0 Å². The molecule has 0 aliphatic carbocycles. The van der Waals surface area contributed by atoms with Crippen molar-refractivity contribution < 1.29 is 49.0 Å². The second kappa shape index (κ2) is 13.4. The van der Waals surface area contributed by atoms with Crippen LogP contribution in [-0.4, -0.2) is 63.5 Å². The van der Waals surface area contributed by atoms with Gasteiger partial charge in [-0.15, -0.1) is 0 Å². The van der Waals surface area contributed by atoms with E-state index in [0.717, 1.165) is 13.8 Å². The van der Waals surface area contributed by atoms with Crippen LogP contribution in [-0.2, 0) is 4.43 Å². The lowest BCUT2D eigenvalue weighted by molar-refractivity contribution is -0.173. The van der Waals surface area contributed by atoms with Crippen LogP contribution in [0.5, 0.6) is 0 Å². The minimum Gasteiger partial charge on any atom is -0.415 e. The average Bonchev–Trinajstić information content (AvgIpc) is 2.60. The fraction of sp³-hybridized carbons (Fsp3) is 0.950. The van der Waals surface area contributed by atoms with Crippen molar-refractivity contribution >= 4 is 14.5 Å². The Bertz CT molecular complexity index is 601. The molecule has 0 unspecified atom stereocenters. The summed E-state index contributed by atoms with van der Waals surface area (Å²) >= 11 is 0. The van der Waals surface area contributed by atoms with Gasteiger partial charge in [0.2, 0.25) is 0 Å². The van der Waals surface area contributed by atoms with Crippen molar-refractivity contribution in [2.75, 3.05) is 13.2 Å². The third kappa shape index (κ3) is 15.9. The predicted octanol–water partition coefficient (Wildman–Crippen LogP) is 6.49. The van der Waals surface area contributed by atoms with E-state index in [2.05, 4.69) is 4.99 Å². The second-order valence-corrected chi connectivity index (χ2v) is 14.7. The Hall–Kier alpha value is -0.863. The molecule has 0 aliphatic rings. The third-order valence-corrected chi connectivity index (χ3v) is 10.0. The van der Waals surface area contributed by atoms with E-state index in [1.165, 1.54) is 0 Å². The van der Waals surface area contributed by atoms with Gasteiger partial charge in [-0.25, -0.2) is 0 Å². The van der Waals surface area contributed by atoms with Gasteiger partial charge in [-0.3, -0.25) is 4.99 Å². The topological polar surface area (TPSA) is 67.8 Å². The van der Waals surface area contributed by atoms with Gasteiger partial charge in [0.1, 0.15) is 6.21 Å². The highest BCUT2D eigenvalue weighted by atomic mass is 28.4. The Kier molecular flexibility index (Phi) is 14.0. The SMILES string of the molecule is C[C@@H](C[C@@H](CO[Si](C)(C)C(C)(C)C)N=CC(F)(F)F)C(F)(F)F.C[C@@H](C[C@H](N)CO)C(F)(F)F. The van der Waals surface area contributed by atoms with Gasteiger partial charge >= 0.3 is 18.5 Å². The van der Waals surface area contributed by atoms with Crippen LogP contribution in [0.15, 0.2) is 4.99 Å². The van der Waals surface area contributed by atoms with Gasteiger partial charge < -0.3 is 15.3 Å². The Morgan fingerprint density at radius 3 is 1.62 bits per heavy atom. The first kappa shape index (κ1) is 35.3. The Morgan fingerprint density at radius 1 is 0.882 bits per heavy atom. The number of halogens is 9. The van der Waals surface area contributed by atoms with Gasteiger partial charge in [-0.05, 0) is 31.0 Å². The average molecular weight is 537 g/mol. The molecule has 0 aromatic heterocycles. The smallest absolute Gasteiger partial charge is 0.415 e. The standard InChI is InChI=1S/C14H25F6NOSi.C6H12F3NO/c1-10(14(18,19)20)7-11(21-9-13(15,16)17)8-22-23(5,6)12(2,3)4;1-4(6(7,8)9)2-5(10)3-11/h9-11H,7-8H2,1-6H3;4-5,11H,2-3,10H2,1H3/t10-,11-;4-,5-/m00/s1. The molecule has 0 rings (SSSR count). The van der Waals surface area contributed by atoms with Gasteiger partial charge in [0.25, 0.3) is 0 Å². The number of hydrogen-bond donors (Lipinski definition) is 2. The molecular weight excluding hydrogens is 499 g/mol. The summed E-state index contributed by atoms with van der Waals surface area (Å²) < 4.78 is 116. The molecule has 0 aromatic carbocycles. The summed E-state index contributed by atoms with van der Waals surface area (Å²) in [5.74, 6) is -3.19. The number of rotatable bonds is 9. The van der Waals surface area contributed by atoms with Gasteiger partial charge in [-0.2, -0.15) is 39.5 Å². The zero-order chi connectivity index (χ0) is 27.8. The van der Waals surface area contributed by atoms with Crippen LogP contribution in [0.4, 0.5) is 39.5 Å². The van der Waals surface area contributed by atoms with Crippen molar-refractivity contribution in [3.8, 4) is 0 Å². The van der Waals surface area contributed by atoms with E-state index in [9.17, 15) is 39.5 Å². The highest BCUT2D eigenvalue weighted by Gasteiger charge is 2.40. The van der Waals surface area contributed by atoms with Crippen LogP contribution in [0.2, 0.25) is 18.1 Å². The Balaban J connectivity index is 0. The second-order valence-electron chi connectivity index (χ2n) is 9.84. The lowest BCUT2D eigenvalue weighted by atomic mass is 10.0. The number of alkyl halides is 9. The van der Waals surface area contributed by atoms with Gasteiger partial charge in [0, 0.05) is 6.04 Å². The Morgan fingerprint density at radius 2 is 1.29 bits per heavy atom. The van der Waals surface area contributed by atoms with Crippen molar-refractivity contribution in [2.24, 2.45) is 22.6 Å². The molecule has 4 atom stereocenters. The molecule has 0 saturated carbocycles. The summed E-state index contributed by atoms with van der Waals surface area (Å²) in [5.41, 5.74) is 5.12.